The Bertz CT molecular complexity index is 665. The van der Waals surface area contributed by atoms with Crippen LogP contribution in [0.15, 0.2) is 63.7 Å². The summed E-state index contributed by atoms with van der Waals surface area (Å²) < 4.78 is 17.9. The van der Waals surface area contributed by atoms with Gasteiger partial charge in [0.15, 0.2) is 0 Å². The van der Waals surface area contributed by atoms with Gasteiger partial charge < -0.3 is 0 Å². The molecule has 2 aromatic carbocycles. The standard InChI is InChI=1S/C14H9FN2S2/c15-11-6-8-12(9-7-11)18-14-13(16-17-19-14)10-4-2-1-3-5-10/h1-9H. The average molecular weight is 288 g/mol. The highest BCUT2D eigenvalue weighted by Crippen LogP contribution is 2.37. The van der Waals surface area contributed by atoms with Gasteiger partial charge >= 0.3 is 0 Å². The van der Waals surface area contributed by atoms with E-state index in [0.29, 0.717) is 0 Å². The number of aromatic nitrogens is 2. The molecule has 0 amide bonds. The van der Waals surface area contributed by atoms with E-state index in [2.05, 4.69) is 9.59 Å². The van der Waals surface area contributed by atoms with Crippen molar-refractivity contribution >= 4 is 23.3 Å². The first kappa shape index (κ1) is 12.3. The van der Waals surface area contributed by atoms with Crippen molar-refractivity contribution in [1.29, 1.82) is 0 Å². The highest BCUT2D eigenvalue weighted by molar-refractivity contribution is 8.01. The van der Waals surface area contributed by atoms with E-state index in [1.54, 1.807) is 23.9 Å². The Kier molecular flexibility index (Phi) is 3.57. The summed E-state index contributed by atoms with van der Waals surface area (Å²) in [6.45, 7) is 0. The number of rotatable bonds is 3. The molecule has 2 nitrogen and oxygen atoms in total. The maximum Gasteiger partial charge on any atom is 0.123 e. The third kappa shape index (κ3) is 2.83. The van der Waals surface area contributed by atoms with Crippen LogP contribution in [0.2, 0.25) is 0 Å². The van der Waals surface area contributed by atoms with Crippen molar-refractivity contribution in [3.05, 3.63) is 60.4 Å². The first-order chi connectivity index (χ1) is 9.33. The number of benzene rings is 2. The van der Waals surface area contributed by atoms with Crippen molar-refractivity contribution in [2.75, 3.05) is 0 Å². The van der Waals surface area contributed by atoms with Crippen LogP contribution in [-0.4, -0.2) is 9.59 Å². The lowest BCUT2D eigenvalue weighted by Crippen LogP contribution is -1.80. The van der Waals surface area contributed by atoms with Crippen LogP contribution in [-0.2, 0) is 0 Å². The predicted molar refractivity (Wildman–Crippen MR) is 75.9 cm³/mol. The van der Waals surface area contributed by atoms with E-state index < -0.39 is 0 Å². The zero-order valence-electron chi connectivity index (χ0n) is 9.79. The van der Waals surface area contributed by atoms with Crippen LogP contribution >= 0.6 is 23.3 Å². The Labute approximate surface area is 118 Å². The summed E-state index contributed by atoms with van der Waals surface area (Å²) in [5, 5.41) is 4.17. The van der Waals surface area contributed by atoms with Crippen molar-refractivity contribution in [1.82, 2.24) is 9.59 Å². The zero-order chi connectivity index (χ0) is 13.1. The number of nitrogens with zero attached hydrogens (tertiary/aromatic N) is 2. The molecule has 0 fully saturated rings. The molecular weight excluding hydrogens is 279 g/mol. The largest absolute Gasteiger partial charge is 0.207 e. The van der Waals surface area contributed by atoms with Gasteiger partial charge in [-0.1, -0.05) is 46.6 Å². The Balaban J connectivity index is 1.91. The summed E-state index contributed by atoms with van der Waals surface area (Å²) in [5.41, 5.74) is 1.92. The summed E-state index contributed by atoms with van der Waals surface area (Å²) in [6.07, 6.45) is 0. The molecule has 0 aliphatic carbocycles. The van der Waals surface area contributed by atoms with Crippen molar-refractivity contribution < 1.29 is 4.39 Å². The fourth-order valence-electron chi connectivity index (χ4n) is 1.63. The van der Waals surface area contributed by atoms with Gasteiger partial charge in [-0.3, -0.25) is 0 Å². The highest BCUT2D eigenvalue weighted by Gasteiger charge is 2.11. The molecule has 1 aromatic heterocycles. The molecule has 94 valence electrons. The molecule has 0 spiro atoms. The van der Waals surface area contributed by atoms with Gasteiger partial charge in [0, 0.05) is 10.5 Å². The Morgan fingerprint density at radius 1 is 0.947 bits per heavy atom. The molecule has 0 bridgehead atoms. The minimum atomic E-state index is -0.227. The lowest BCUT2D eigenvalue weighted by Gasteiger charge is -2.01. The summed E-state index contributed by atoms with van der Waals surface area (Å²) >= 11 is 2.90. The van der Waals surface area contributed by atoms with Crippen LogP contribution < -0.4 is 0 Å². The topological polar surface area (TPSA) is 25.8 Å². The van der Waals surface area contributed by atoms with Crippen LogP contribution in [0.4, 0.5) is 4.39 Å². The van der Waals surface area contributed by atoms with Crippen molar-refractivity contribution in [2.45, 2.75) is 9.10 Å². The highest BCUT2D eigenvalue weighted by atomic mass is 32.2. The van der Waals surface area contributed by atoms with Gasteiger partial charge in [-0.2, -0.15) is 0 Å². The molecule has 0 radical (unpaired) electrons. The molecule has 0 unspecified atom stereocenters. The van der Waals surface area contributed by atoms with E-state index in [-0.39, 0.29) is 5.82 Å². The molecule has 1 heterocycles. The smallest absolute Gasteiger partial charge is 0.123 e. The van der Waals surface area contributed by atoms with Gasteiger partial charge in [0.1, 0.15) is 15.7 Å². The summed E-state index contributed by atoms with van der Waals surface area (Å²) in [4.78, 5) is 0.977. The predicted octanol–water partition coefficient (Wildman–Crippen LogP) is 4.50. The number of halogens is 1. The van der Waals surface area contributed by atoms with Crippen LogP contribution in [0, 0.1) is 5.82 Å². The molecular formula is C14H9FN2S2. The van der Waals surface area contributed by atoms with Gasteiger partial charge in [-0.05, 0) is 35.8 Å². The van der Waals surface area contributed by atoms with Crippen molar-refractivity contribution in [2.24, 2.45) is 0 Å². The van der Waals surface area contributed by atoms with Gasteiger partial charge in [-0.15, -0.1) is 5.10 Å². The first-order valence-electron chi connectivity index (χ1n) is 5.64. The normalized spacial score (nSPS) is 10.6. The van der Waals surface area contributed by atoms with E-state index in [0.717, 1.165) is 20.4 Å². The van der Waals surface area contributed by atoms with Gasteiger partial charge in [0.05, 0.1) is 0 Å². The Morgan fingerprint density at radius 2 is 1.68 bits per heavy atom. The third-order valence-electron chi connectivity index (χ3n) is 2.53. The minimum absolute atomic E-state index is 0.227. The molecule has 0 aliphatic rings. The van der Waals surface area contributed by atoms with Gasteiger partial charge in [-0.25, -0.2) is 4.39 Å². The molecule has 3 rings (SSSR count). The molecule has 0 atom stereocenters. The van der Waals surface area contributed by atoms with Crippen LogP contribution in [0.25, 0.3) is 11.3 Å². The van der Waals surface area contributed by atoms with Crippen LogP contribution in [0.3, 0.4) is 0 Å². The SMILES string of the molecule is Fc1ccc(Sc2snnc2-c2ccccc2)cc1. The molecule has 0 aliphatic heterocycles. The van der Waals surface area contributed by atoms with Crippen LogP contribution in [0.1, 0.15) is 0 Å². The fourth-order valence-corrected chi connectivity index (χ4v) is 3.35. The molecule has 0 saturated heterocycles. The molecule has 0 N–H and O–H groups in total. The monoisotopic (exact) mass is 288 g/mol. The van der Waals surface area contributed by atoms with E-state index >= 15 is 0 Å². The molecule has 5 heteroatoms. The lowest BCUT2D eigenvalue weighted by atomic mass is 10.2. The second-order valence-corrected chi connectivity index (χ2v) is 5.93. The number of hydrogen-bond donors (Lipinski definition) is 0. The van der Waals surface area contributed by atoms with E-state index in [1.165, 1.54) is 23.7 Å². The fraction of sp³-hybridized carbons (Fsp3) is 0. The maximum atomic E-state index is 12.9. The van der Waals surface area contributed by atoms with Crippen LogP contribution in [0.5, 0.6) is 0 Å². The summed E-state index contributed by atoms with van der Waals surface area (Å²) in [5.74, 6) is -0.227. The number of hydrogen-bond acceptors (Lipinski definition) is 4. The third-order valence-corrected chi connectivity index (χ3v) is 4.41. The average Bonchev–Trinajstić information content (AvgIpc) is 2.90. The summed E-state index contributed by atoms with van der Waals surface area (Å²) in [7, 11) is 0. The van der Waals surface area contributed by atoms with E-state index in [9.17, 15) is 4.39 Å². The zero-order valence-corrected chi connectivity index (χ0v) is 11.4. The Morgan fingerprint density at radius 3 is 2.42 bits per heavy atom. The quantitative estimate of drug-likeness (QED) is 0.710. The molecule has 0 saturated carbocycles. The van der Waals surface area contributed by atoms with Crippen molar-refractivity contribution in [3.63, 3.8) is 0 Å². The van der Waals surface area contributed by atoms with Gasteiger partial charge in [0.2, 0.25) is 0 Å². The Hall–Kier alpha value is -1.72. The maximum absolute atomic E-state index is 12.9. The van der Waals surface area contributed by atoms with E-state index in [1.807, 2.05) is 30.3 Å². The van der Waals surface area contributed by atoms with Gasteiger partial charge in [0.25, 0.3) is 0 Å². The van der Waals surface area contributed by atoms with Crippen molar-refractivity contribution in [3.8, 4) is 11.3 Å². The summed E-state index contributed by atoms with van der Waals surface area (Å²) in [6, 6.07) is 16.4. The lowest BCUT2D eigenvalue weighted by molar-refractivity contribution is 0.626. The first-order valence-corrected chi connectivity index (χ1v) is 7.23. The second kappa shape index (κ2) is 5.50. The van der Waals surface area contributed by atoms with E-state index in [4.69, 9.17) is 0 Å². The molecule has 3 aromatic rings. The second-order valence-electron chi connectivity index (χ2n) is 3.83. The minimum Gasteiger partial charge on any atom is -0.207 e. The molecule has 19 heavy (non-hydrogen) atoms.